The smallest absolute Gasteiger partial charge is 0.226 e. The van der Waals surface area contributed by atoms with Crippen LogP contribution in [0.3, 0.4) is 0 Å². The van der Waals surface area contributed by atoms with E-state index in [9.17, 15) is 5.11 Å². The van der Waals surface area contributed by atoms with Crippen LogP contribution in [0.5, 0.6) is 0 Å². The molecule has 0 bridgehead atoms. The van der Waals surface area contributed by atoms with Crippen LogP contribution in [-0.2, 0) is 13.2 Å². The normalized spacial score (nSPS) is 10.7. The van der Waals surface area contributed by atoms with Crippen LogP contribution in [0, 0.1) is 6.92 Å². The lowest BCUT2D eigenvalue weighted by molar-refractivity contribution is 0.282. The van der Waals surface area contributed by atoms with Crippen LogP contribution >= 0.6 is 0 Å². The highest BCUT2D eigenvalue weighted by atomic mass is 16.4. The lowest BCUT2D eigenvalue weighted by Crippen LogP contribution is -1.98. The van der Waals surface area contributed by atoms with E-state index in [0.717, 1.165) is 22.6 Å². The van der Waals surface area contributed by atoms with E-state index >= 15 is 0 Å². The molecule has 0 atom stereocenters. The molecule has 0 saturated carbocycles. The summed E-state index contributed by atoms with van der Waals surface area (Å²) in [6.07, 6.45) is 0. The van der Waals surface area contributed by atoms with Crippen LogP contribution in [0.25, 0.3) is 11.5 Å². The standard InChI is InChI=1S/C12H14N2O2/c1-8-11(6-13)14-12(16-8)10-5-3-2-4-9(10)7-15/h2-5,15H,6-7,13H2,1H3. The molecule has 1 aromatic heterocycles. The van der Waals surface area contributed by atoms with Crippen LogP contribution < -0.4 is 5.73 Å². The number of oxazole rings is 1. The Balaban J connectivity index is 2.49. The molecule has 1 aromatic carbocycles. The highest BCUT2D eigenvalue weighted by Gasteiger charge is 2.12. The Labute approximate surface area is 93.7 Å². The molecule has 2 rings (SSSR count). The number of aliphatic hydroxyl groups is 1. The number of nitrogens with zero attached hydrogens (tertiary/aromatic N) is 1. The summed E-state index contributed by atoms with van der Waals surface area (Å²) in [4.78, 5) is 4.30. The predicted molar refractivity (Wildman–Crippen MR) is 60.5 cm³/mol. The maximum absolute atomic E-state index is 9.22. The van der Waals surface area contributed by atoms with E-state index < -0.39 is 0 Å². The Bertz CT molecular complexity index is 492. The van der Waals surface area contributed by atoms with Crippen molar-refractivity contribution in [3.8, 4) is 11.5 Å². The van der Waals surface area contributed by atoms with Gasteiger partial charge in [-0.1, -0.05) is 18.2 Å². The fourth-order valence-electron chi connectivity index (χ4n) is 1.60. The molecule has 16 heavy (non-hydrogen) atoms. The minimum atomic E-state index is -0.0322. The van der Waals surface area contributed by atoms with Gasteiger partial charge in [-0.05, 0) is 18.6 Å². The van der Waals surface area contributed by atoms with Gasteiger partial charge in [0, 0.05) is 12.1 Å². The number of hydrogen-bond donors (Lipinski definition) is 2. The van der Waals surface area contributed by atoms with Gasteiger partial charge in [0.2, 0.25) is 5.89 Å². The van der Waals surface area contributed by atoms with E-state index in [1.54, 1.807) is 0 Å². The lowest BCUT2D eigenvalue weighted by atomic mass is 10.1. The van der Waals surface area contributed by atoms with Crippen molar-refractivity contribution in [1.82, 2.24) is 4.98 Å². The average Bonchev–Trinajstić information content (AvgIpc) is 2.70. The Morgan fingerprint density at radius 1 is 1.38 bits per heavy atom. The Hall–Kier alpha value is -1.65. The fraction of sp³-hybridized carbons (Fsp3) is 0.250. The molecule has 0 saturated heterocycles. The van der Waals surface area contributed by atoms with Gasteiger partial charge in [0.25, 0.3) is 0 Å². The van der Waals surface area contributed by atoms with Crippen molar-refractivity contribution in [2.24, 2.45) is 5.73 Å². The van der Waals surface area contributed by atoms with Crippen molar-refractivity contribution in [1.29, 1.82) is 0 Å². The summed E-state index contributed by atoms with van der Waals surface area (Å²) in [7, 11) is 0. The summed E-state index contributed by atoms with van der Waals surface area (Å²) in [5.41, 5.74) is 7.90. The topological polar surface area (TPSA) is 72.3 Å². The second-order valence-corrected chi connectivity index (χ2v) is 3.54. The molecule has 1 heterocycles. The van der Waals surface area contributed by atoms with Gasteiger partial charge in [0.1, 0.15) is 5.76 Å². The number of aryl methyl sites for hydroxylation is 1. The number of rotatable bonds is 3. The van der Waals surface area contributed by atoms with Gasteiger partial charge in [-0.15, -0.1) is 0 Å². The van der Waals surface area contributed by atoms with Crippen LogP contribution in [0.4, 0.5) is 0 Å². The average molecular weight is 218 g/mol. The number of aliphatic hydroxyl groups excluding tert-OH is 1. The molecule has 0 fully saturated rings. The monoisotopic (exact) mass is 218 g/mol. The Morgan fingerprint density at radius 3 is 2.75 bits per heavy atom. The molecular weight excluding hydrogens is 204 g/mol. The van der Waals surface area contributed by atoms with Gasteiger partial charge >= 0.3 is 0 Å². The molecule has 0 radical (unpaired) electrons. The first kappa shape index (κ1) is 10.9. The first-order valence-corrected chi connectivity index (χ1v) is 5.11. The molecule has 4 nitrogen and oxygen atoms in total. The Morgan fingerprint density at radius 2 is 2.12 bits per heavy atom. The van der Waals surface area contributed by atoms with Crippen molar-refractivity contribution >= 4 is 0 Å². The lowest BCUT2D eigenvalue weighted by Gasteiger charge is -2.01. The number of hydrogen-bond acceptors (Lipinski definition) is 4. The van der Waals surface area contributed by atoms with Gasteiger partial charge in [-0.2, -0.15) is 0 Å². The molecule has 84 valence electrons. The summed E-state index contributed by atoms with van der Waals surface area (Å²) < 4.78 is 5.53. The van der Waals surface area contributed by atoms with Crippen molar-refractivity contribution < 1.29 is 9.52 Å². The van der Waals surface area contributed by atoms with Crippen molar-refractivity contribution in [2.75, 3.05) is 0 Å². The van der Waals surface area contributed by atoms with E-state index in [-0.39, 0.29) is 6.61 Å². The van der Waals surface area contributed by atoms with Crippen LogP contribution in [0.1, 0.15) is 17.0 Å². The summed E-state index contributed by atoms with van der Waals surface area (Å²) in [6, 6.07) is 7.47. The number of aromatic nitrogens is 1. The molecule has 0 unspecified atom stereocenters. The third-order valence-electron chi connectivity index (χ3n) is 2.50. The van der Waals surface area contributed by atoms with Crippen LogP contribution in [0.15, 0.2) is 28.7 Å². The molecule has 4 heteroatoms. The fourth-order valence-corrected chi connectivity index (χ4v) is 1.60. The maximum Gasteiger partial charge on any atom is 0.226 e. The van der Waals surface area contributed by atoms with Gasteiger partial charge in [-0.25, -0.2) is 4.98 Å². The molecular formula is C12H14N2O2. The summed E-state index contributed by atoms with van der Waals surface area (Å²) >= 11 is 0. The first-order chi connectivity index (χ1) is 7.76. The van der Waals surface area contributed by atoms with Crippen molar-refractivity contribution in [3.63, 3.8) is 0 Å². The first-order valence-electron chi connectivity index (χ1n) is 5.11. The molecule has 2 aromatic rings. The zero-order valence-corrected chi connectivity index (χ0v) is 9.10. The summed E-state index contributed by atoms with van der Waals surface area (Å²) in [6.45, 7) is 2.16. The summed E-state index contributed by atoms with van der Waals surface area (Å²) in [5.74, 6) is 1.24. The number of benzene rings is 1. The van der Waals surface area contributed by atoms with Gasteiger partial charge < -0.3 is 15.3 Å². The molecule has 3 N–H and O–H groups in total. The Kier molecular flexibility index (Phi) is 3.03. The maximum atomic E-state index is 9.22. The van der Waals surface area contributed by atoms with E-state index in [0.29, 0.717) is 12.4 Å². The van der Waals surface area contributed by atoms with E-state index in [4.69, 9.17) is 10.2 Å². The van der Waals surface area contributed by atoms with E-state index in [2.05, 4.69) is 4.98 Å². The zero-order valence-electron chi connectivity index (χ0n) is 9.10. The van der Waals surface area contributed by atoms with Gasteiger partial charge in [-0.3, -0.25) is 0 Å². The highest BCUT2D eigenvalue weighted by Crippen LogP contribution is 2.24. The SMILES string of the molecule is Cc1oc(-c2ccccc2CO)nc1CN. The minimum Gasteiger partial charge on any atom is -0.441 e. The van der Waals surface area contributed by atoms with Crippen molar-refractivity contribution in [3.05, 3.63) is 41.3 Å². The molecule has 0 spiro atoms. The van der Waals surface area contributed by atoms with Crippen LogP contribution in [-0.4, -0.2) is 10.1 Å². The van der Waals surface area contributed by atoms with Gasteiger partial charge in [0.15, 0.2) is 0 Å². The predicted octanol–water partition coefficient (Wildman–Crippen LogP) is 1.60. The second kappa shape index (κ2) is 4.47. The highest BCUT2D eigenvalue weighted by molar-refractivity contribution is 5.58. The van der Waals surface area contributed by atoms with Crippen LogP contribution in [0.2, 0.25) is 0 Å². The molecule has 0 aliphatic rings. The molecule has 0 amide bonds. The third-order valence-corrected chi connectivity index (χ3v) is 2.50. The quantitative estimate of drug-likeness (QED) is 0.820. The third kappa shape index (κ3) is 1.85. The molecule has 0 aliphatic heterocycles. The minimum absolute atomic E-state index is 0.0322. The number of nitrogens with two attached hydrogens (primary N) is 1. The second-order valence-electron chi connectivity index (χ2n) is 3.54. The molecule has 0 aliphatic carbocycles. The van der Waals surface area contributed by atoms with E-state index in [1.807, 2.05) is 31.2 Å². The van der Waals surface area contributed by atoms with Crippen molar-refractivity contribution in [2.45, 2.75) is 20.1 Å². The zero-order chi connectivity index (χ0) is 11.5. The van der Waals surface area contributed by atoms with Gasteiger partial charge in [0.05, 0.1) is 12.3 Å². The largest absolute Gasteiger partial charge is 0.441 e. The summed E-state index contributed by atoms with van der Waals surface area (Å²) in [5, 5.41) is 9.22. The van der Waals surface area contributed by atoms with E-state index in [1.165, 1.54) is 0 Å².